The summed E-state index contributed by atoms with van der Waals surface area (Å²) >= 11 is 5.77. The van der Waals surface area contributed by atoms with Gasteiger partial charge in [0.25, 0.3) is 0 Å². The summed E-state index contributed by atoms with van der Waals surface area (Å²) in [5.41, 5.74) is 6.13. The maximum absolute atomic E-state index is 14.5. The van der Waals surface area contributed by atoms with Crippen LogP contribution in [0.4, 0.5) is 26.4 Å². The fourth-order valence-electron chi connectivity index (χ4n) is 4.62. The molecule has 3 heterocycles. The Bertz CT molecular complexity index is 1200. The molecule has 1 saturated carbocycles. The third-order valence-corrected chi connectivity index (χ3v) is 6.62. The van der Waals surface area contributed by atoms with Crippen molar-refractivity contribution in [3.8, 4) is 0 Å². The molecule has 12 heteroatoms. The number of nitrogens with zero attached hydrogens (tertiary/aromatic N) is 4. The number of imidazole rings is 1. The first-order chi connectivity index (χ1) is 16.4. The minimum Gasteiger partial charge on any atom is -0.379 e. The molecule has 1 atom stereocenters. The van der Waals surface area contributed by atoms with Gasteiger partial charge in [-0.2, -0.15) is 4.98 Å². The molecule has 34 heavy (non-hydrogen) atoms. The van der Waals surface area contributed by atoms with Crippen LogP contribution in [0.15, 0.2) is 18.3 Å². The second kappa shape index (κ2) is 9.30. The number of benzene rings is 1. The van der Waals surface area contributed by atoms with Gasteiger partial charge in [-0.1, -0.05) is 11.6 Å². The highest BCUT2D eigenvalue weighted by atomic mass is 35.5. The Hall–Kier alpha value is -3.05. The van der Waals surface area contributed by atoms with E-state index in [9.17, 15) is 13.6 Å². The second-order valence-corrected chi connectivity index (χ2v) is 9.13. The van der Waals surface area contributed by atoms with E-state index in [1.54, 1.807) is 6.20 Å². The highest BCUT2D eigenvalue weighted by Gasteiger charge is 2.30. The Morgan fingerprint density at radius 3 is 2.53 bits per heavy atom. The molecule has 1 aliphatic heterocycles. The van der Waals surface area contributed by atoms with Crippen molar-refractivity contribution in [2.75, 3.05) is 23.8 Å². The molecule has 2 fully saturated rings. The highest BCUT2D eigenvalue weighted by molar-refractivity contribution is 6.30. The number of carbonyl (C=O) groups is 1. The van der Waals surface area contributed by atoms with Crippen LogP contribution in [0.25, 0.3) is 11.2 Å². The fourth-order valence-corrected chi connectivity index (χ4v) is 4.81. The van der Waals surface area contributed by atoms with Crippen molar-refractivity contribution in [1.82, 2.24) is 19.5 Å². The summed E-state index contributed by atoms with van der Waals surface area (Å²) in [6, 6.07) is 2.07. The van der Waals surface area contributed by atoms with Crippen LogP contribution in [0.1, 0.15) is 38.1 Å². The molecule has 4 N–H and O–H groups in total. The zero-order valence-electron chi connectivity index (χ0n) is 18.2. The Kier molecular flexibility index (Phi) is 6.22. The molecule has 0 unspecified atom stereocenters. The lowest BCUT2D eigenvalue weighted by molar-refractivity contribution is -0.122. The van der Waals surface area contributed by atoms with Crippen LogP contribution in [0.2, 0.25) is 5.02 Å². The average molecular weight is 492 g/mol. The van der Waals surface area contributed by atoms with Gasteiger partial charge >= 0.3 is 0 Å². The summed E-state index contributed by atoms with van der Waals surface area (Å²) in [6.07, 6.45) is 4.92. The van der Waals surface area contributed by atoms with Gasteiger partial charge in [-0.25, -0.2) is 18.7 Å². The summed E-state index contributed by atoms with van der Waals surface area (Å²) < 4.78 is 36.3. The minimum atomic E-state index is -0.837. The molecule has 1 saturated heterocycles. The second-order valence-electron chi connectivity index (χ2n) is 8.69. The Labute approximate surface area is 199 Å². The SMILES string of the molecule is NC(=O)[C@H]1CC[C@@H](n2c(Nc3c(F)cc(Cl)cc3F)nc3cnc(N[C@@H]4CCOC4)nc32)CC1. The zero-order chi connectivity index (χ0) is 23.8. The average Bonchev–Trinajstić information content (AvgIpc) is 3.43. The van der Waals surface area contributed by atoms with Crippen molar-refractivity contribution in [2.45, 2.75) is 44.2 Å². The van der Waals surface area contributed by atoms with Gasteiger partial charge in [0.1, 0.15) is 11.2 Å². The molecular formula is C22H24ClF2N7O2. The largest absolute Gasteiger partial charge is 0.379 e. The molecule has 0 bridgehead atoms. The van der Waals surface area contributed by atoms with E-state index in [1.165, 1.54) is 0 Å². The molecule has 3 aromatic rings. The Morgan fingerprint density at radius 2 is 1.88 bits per heavy atom. The molecule has 0 radical (unpaired) electrons. The molecule has 2 aliphatic rings. The first-order valence-electron chi connectivity index (χ1n) is 11.2. The molecule has 5 rings (SSSR count). The third kappa shape index (κ3) is 4.49. The van der Waals surface area contributed by atoms with Crippen molar-refractivity contribution in [1.29, 1.82) is 0 Å². The third-order valence-electron chi connectivity index (χ3n) is 6.40. The Morgan fingerprint density at radius 1 is 1.15 bits per heavy atom. The quantitative estimate of drug-likeness (QED) is 0.478. The van der Waals surface area contributed by atoms with Crippen molar-refractivity contribution in [3.05, 3.63) is 35.0 Å². The maximum atomic E-state index is 14.5. The molecule has 1 aliphatic carbocycles. The van der Waals surface area contributed by atoms with E-state index in [-0.39, 0.29) is 40.6 Å². The van der Waals surface area contributed by atoms with E-state index in [0.717, 1.165) is 18.6 Å². The number of nitrogens with two attached hydrogens (primary N) is 1. The van der Waals surface area contributed by atoms with Gasteiger partial charge in [-0.05, 0) is 44.2 Å². The lowest BCUT2D eigenvalue weighted by atomic mass is 9.85. The number of ether oxygens (including phenoxy) is 1. The van der Waals surface area contributed by atoms with Gasteiger partial charge in [-0.3, -0.25) is 9.36 Å². The zero-order valence-corrected chi connectivity index (χ0v) is 19.0. The summed E-state index contributed by atoms with van der Waals surface area (Å²) in [7, 11) is 0. The van der Waals surface area contributed by atoms with Crippen molar-refractivity contribution < 1.29 is 18.3 Å². The van der Waals surface area contributed by atoms with Gasteiger partial charge in [0.15, 0.2) is 17.3 Å². The van der Waals surface area contributed by atoms with Crippen LogP contribution in [-0.2, 0) is 9.53 Å². The van der Waals surface area contributed by atoms with Gasteiger partial charge in [0, 0.05) is 23.6 Å². The van der Waals surface area contributed by atoms with E-state index in [0.29, 0.717) is 56.0 Å². The van der Waals surface area contributed by atoms with Crippen LogP contribution in [0, 0.1) is 17.6 Å². The molecular weight excluding hydrogens is 468 g/mol. The highest BCUT2D eigenvalue weighted by Crippen LogP contribution is 2.37. The number of hydrogen-bond acceptors (Lipinski definition) is 7. The van der Waals surface area contributed by atoms with Crippen LogP contribution < -0.4 is 16.4 Å². The minimum absolute atomic E-state index is 0.0451. The smallest absolute Gasteiger partial charge is 0.225 e. The number of fused-ring (bicyclic) bond motifs is 1. The maximum Gasteiger partial charge on any atom is 0.225 e. The number of anilines is 3. The number of hydrogen-bond donors (Lipinski definition) is 3. The van der Waals surface area contributed by atoms with Gasteiger partial charge < -0.3 is 21.1 Å². The normalized spacial score (nSPS) is 22.7. The van der Waals surface area contributed by atoms with E-state index in [1.807, 2.05) is 4.57 Å². The number of primary amides is 1. The number of aromatic nitrogens is 4. The molecule has 2 aromatic heterocycles. The molecule has 9 nitrogen and oxygen atoms in total. The summed E-state index contributed by atoms with van der Waals surface area (Å²) in [5, 5.41) is 6.01. The predicted octanol–water partition coefficient (Wildman–Crippen LogP) is 3.92. The van der Waals surface area contributed by atoms with E-state index >= 15 is 0 Å². The van der Waals surface area contributed by atoms with Gasteiger partial charge in [-0.15, -0.1) is 0 Å². The van der Waals surface area contributed by atoms with Crippen molar-refractivity contribution in [2.24, 2.45) is 11.7 Å². The van der Waals surface area contributed by atoms with Gasteiger partial charge in [0.2, 0.25) is 17.8 Å². The van der Waals surface area contributed by atoms with Crippen LogP contribution in [-0.4, -0.2) is 44.7 Å². The summed E-state index contributed by atoms with van der Waals surface area (Å²) in [4.78, 5) is 25.2. The Balaban J connectivity index is 1.54. The topological polar surface area (TPSA) is 120 Å². The van der Waals surface area contributed by atoms with Crippen LogP contribution in [0.3, 0.4) is 0 Å². The van der Waals surface area contributed by atoms with Crippen LogP contribution in [0.5, 0.6) is 0 Å². The van der Waals surface area contributed by atoms with Crippen LogP contribution >= 0.6 is 11.6 Å². The van der Waals surface area contributed by atoms with Crippen molar-refractivity contribution in [3.63, 3.8) is 0 Å². The predicted molar refractivity (Wildman–Crippen MR) is 123 cm³/mol. The monoisotopic (exact) mass is 491 g/mol. The first kappa shape index (κ1) is 22.7. The van der Waals surface area contributed by atoms with E-state index < -0.39 is 11.6 Å². The number of halogens is 3. The molecule has 1 amide bonds. The standard InChI is InChI=1S/C22H24ClF2N7O2/c23-12-7-15(24)18(16(25)8-12)30-22-29-17-9-27-21(28-13-5-6-34-10-13)31-20(17)32(22)14-3-1-11(2-4-14)19(26)33/h7-9,11,13-14H,1-6,10H2,(H2,26,33)(H,29,30)(H,27,28,31)/t11-,13-,14+/m1/s1. The molecule has 1 aromatic carbocycles. The number of carbonyl (C=O) groups excluding carboxylic acids is 1. The van der Waals surface area contributed by atoms with Crippen molar-refractivity contribution >= 4 is 46.3 Å². The van der Waals surface area contributed by atoms with E-state index in [4.69, 9.17) is 22.1 Å². The number of rotatable bonds is 6. The number of nitrogens with one attached hydrogen (secondary N) is 2. The summed E-state index contributed by atoms with van der Waals surface area (Å²) in [6.45, 7) is 1.24. The summed E-state index contributed by atoms with van der Waals surface area (Å²) in [5.74, 6) is -1.53. The molecule has 0 spiro atoms. The lowest BCUT2D eigenvalue weighted by Crippen LogP contribution is -2.29. The molecule has 180 valence electrons. The first-order valence-corrected chi connectivity index (χ1v) is 11.6. The fraction of sp³-hybridized carbons (Fsp3) is 0.455. The van der Waals surface area contributed by atoms with Gasteiger partial charge in [0.05, 0.1) is 18.8 Å². The number of amides is 1. The lowest BCUT2D eigenvalue weighted by Gasteiger charge is -2.29. The van der Waals surface area contributed by atoms with E-state index in [2.05, 4.69) is 25.6 Å².